The highest BCUT2D eigenvalue weighted by atomic mass is 35.5. The van der Waals surface area contributed by atoms with Crippen molar-refractivity contribution >= 4 is 23.4 Å². The first-order chi connectivity index (χ1) is 8.65. The third-order valence-electron chi connectivity index (χ3n) is 2.25. The Labute approximate surface area is 116 Å². The van der Waals surface area contributed by atoms with Crippen LogP contribution in [0.25, 0.3) is 11.5 Å². The van der Waals surface area contributed by atoms with Crippen molar-refractivity contribution in [2.75, 3.05) is 5.75 Å². The summed E-state index contributed by atoms with van der Waals surface area (Å²) in [5, 5.41) is 0.679. The van der Waals surface area contributed by atoms with Crippen LogP contribution in [0.5, 0.6) is 0 Å². The Hall–Kier alpha value is -0.970. The van der Waals surface area contributed by atoms with Crippen LogP contribution in [0, 0.1) is 0 Å². The van der Waals surface area contributed by atoms with E-state index in [0.29, 0.717) is 10.9 Å². The molecule has 0 aliphatic rings. The first-order valence-corrected chi connectivity index (χ1v) is 7.22. The Balaban J connectivity index is 2.02. The fourth-order valence-corrected chi connectivity index (χ4v) is 2.50. The first-order valence-electron chi connectivity index (χ1n) is 5.69. The molecule has 1 unspecified atom stereocenters. The van der Waals surface area contributed by atoms with Gasteiger partial charge in [0, 0.05) is 28.1 Å². The zero-order valence-corrected chi connectivity index (χ0v) is 11.7. The minimum Gasteiger partial charge on any atom is -0.444 e. The monoisotopic (exact) mass is 282 g/mol. The van der Waals surface area contributed by atoms with Gasteiger partial charge in [-0.3, -0.25) is 0 Å². The van der Waals surface area contributed by atoms with Crippen molar-refractivity contribution in [1.29, 1.82) is 0 Å². The maximum absolute atomic E-state index is 5.93. The average molecular weight is 283 g/mol. The molecule has 1 heterocycles. The highest BCUT2D eigenvalue weighted by molar-refractivity contribution is 7.98. The molecular formula is C13H15ClN2OS. The summed E-state index contributed by atoms with van der Waals surface area (Å²) in [5.41, 5.74) is 7.51. The van der Waals surface area contributed by atoms with Gasteiger partial charge in [0.05, 0.1) is 5.69 Å². The molecule has 96 valence electrons. The SMILES string of the molecule is CC(N)CSCc1coc(-c2cccc(Cl)c2)n1. The lowest BCUT2D eigenvalue weighted by Gasteiger charge is -2.01. The van der Waals surface area contributed by atoms with Crippen molar-refractivity contribution < 1.29 is 4.42 Å². The number of benzene rings is 1. The number of hydrogen-bond donors (Lipinski definition) is 1. The average Bonchev–Trinajstić information content (AvgIpc) is 2.77. The molecule has 1 atom stereocenters. The highest BCUT2D eigenvalue weighted by Gasteiger charge is 2.07. The quantitative estimate of drug-likeness (QED) is 0.911. The van der Waals surface area contributed by atoms with E-state index in [1.807, 2.05) is 31.2 Å². The van der Waals surface area contributed by atoms with Crippen LogP contribution in [-0.2, 0) is 5.75 Å². The van der Waals surface area contributed by atoms with Crippen LogP contribution in [0.3, 0.4) is 0 Å². The summed E-state index contributed by atoms with van der Waals surface area (Å²) in [4.78, 5) is 4.43. The molecule has 2 aromatic rings. The Morgan fingerprint density at radius 1 is 1.50 bits per heavy atom. The number of nitrogens with zero attached hydrogens (tertiary/aromatic N) is 1. The van der Waals surface area contributed by atoms with E-state index in [1.165, 1.54) is 0 Å². The van der Waals surface area contributed by atoms with Gasteiger partial charge in [0.15, 0.2) is 0 Å². The number of hydrogen-bond acceptors (Lipinski definition) is 4. The molecular weight excluding hydrogens is 268 g/mol. The summed E-state index contributed by atoms with van der Waals surface area (Å²) in [6.07, 6.45) is 1.68. The predicted octanol–water partition coefficient (Wildman–Crippen LogP) is 3.58. The smallest absolute Gasteiger partial charge is 0.226 e. The fourth-order valence-electron chi connectivity index (χ4n) is 1.48. The minimum atomic E-state index is 0.203. The standard InChI is InChI=1S/C13H15ClN2OS/c1-9(15)7-18-8-12-6-17-13(16-12)10-3-2-4-11(14)5-10/h2-6,9H,7-8,15H2,1H3. The van der Waals surface area contributed by atoms with Gasteiger partial charge in [-0.05, 0) is 25.1 Å². The van der Waals surface area contributed by atoms with Crippen molar-refractivity contribution in [1.82, 2.24) is 4.98 Å². The summed E-state index contributed by atoms with van der Waals surface area (Å²) >= 11 is 7.69. The maximum atomic E-state index is 5.93. The molecule has 2 rings (SSSR count). The molecule has 1 aromatic carbocycles. The molecule has 0 saturated heterocycles. The van der Waals surface area contributed by atoms with Gasteiger partial charge in [-0.25, -0.2) is 4.98 Å². The molecule has 0 aliphatic heterocycles. The number of halogens is 1. The Morgan fingerprint density at radius 2 is 2.33 bits per heavy atom. The molecule has 0 amide bonds. The molecule has 0 spiro atoms. The van der Waals surface area contributed by atoms with E-state index in [1.54, 1.807) is 18.0 Å². The molecule has 5 heteroatoms. The fraction of sp³-hybridized carbons (Fsp3) is 0.308. The van der Waals surface area contributed by atoms with Gasteiger partial charge < -0.3 is 10.2 Å². The number of aromatic nitrogens is 1. The van der Waals surface area contributed by atoms with Gasteiger partial charge in [-0.2, -0.15) is 11.8 Å². The van der Waals surface area contributed by atoms with Crippen molar-refractivity contribution in [3.63, 3.8) is 0 Å². The Kier molecular flexibility index (Phi) is 4.69. The summed E-state index contributed by atoms with van der Waals surface area (Å²) in [5.74, 6) is 2.33. The minimum absolute atomic E-state index is 0.203. The molecule has 1 aromatic heterocycles. The lowest BCUT2D eigenvalue weighted by atomic mass is 10.2. The van der Waals surface area contributed by atoms with Gasteiger partial charge in [-0.1, -0.05) is 17.7 Å². The van der Waals surface area contributed by atoms with E-state index in [4.69, 9.17) is 21.8 Å². The lowest BCUT2D eigenvalue weighted by molar-refractivity contribution is 0.573. The molecule has 0 aliphatic carbocycles. The second-order valence-electron chi connectivity index (χ2n) is 4.15. The molecule has 2 N–H and O–H groups in total. The predicted molar refractivity (Wildman–Crippen MR) is 76.8 cm³/mol. The lowest BCUT2D eigenvalue weighted by Crippen LogP contribution is -2.17. The van der Waals surface area contributed by atoms with E-state index >= 15 is 0 Å². The second-order valence-corrected chi connectivity index (χ2v) is 5.61. The van der Waals surface area contributed by atoms with E-state index in [2.05, 4.69) is 4.98 Å². The van der Waals surface area contributed by atoms with E-state index < -0.39 is 0 Å². The Morgan fingerprint density at radius 3 is 3.06 bits per heavy atom. The van der Waals surface area contributed by atoms with Gasteiger partial charge in [0.25, 0.3) is 0 Å². The molecule has 0 fully saturated rings. The van der Waals surface area contributed by atoms with Crippen LogP contribution in [0.2, 0.25) is 5.02 Å². The summed E-state index contributed by atoms with van der Waals surface area (Å²) in [6.45, 7) is 1.99. The van der Waals surface area contributed by atoms with Crippen LogP contribution in [0.1, 0.15) is 12.6 Å². The largest absolute Gasteiger partial charge is 0.444 e. The van der Waals surface area contributed by atoms with Crippen molar-refractivity contribution in [2.24, 2.45) is 5.73 Å². The normalized spacial score (nSPS) is 12.6. The third-order valence-corrected chi connectivity index (χ3v) is 3.75. The van der Waals surface area contributed by atoms with Crippen molar-refractivity contribution in [3.05, 3.63) is 41.2 Å². The third kappa shape index (κ3) is 3.77. The maximum Gasteiger partial charge on any atom is 0.226 e. The van der Waals surface area contributed by atoms with Crippen LogP contribution in [-0.4, -0.2) is 16.8 Å². The highest BCUT2D eigenvalue weighted by Crippen LogP contribution is 2.23. The topological polar surface area (TPSA) is 52.0 Å². The van der Waals surface area contributed by atoms with Crippen LogP contribution >= 0.6 is 23.4 Å². The summed E-state index contributed by atoms with van der Waals surface area (Å²) in [6, 6.07) is 7.68. The van der Waals surface area contributed by atoms with Crippen LogP contribution < -0.4 is 5.73 Å². The van der Waals surface area contributed by atoms with Crippen LogP contribution in [0.15, 0.2) is 34.9 Å². The number of rotatable bonds is 5. The molecule has 18 heavy (non-hydrogen) atoms. The zero-order chi connectivity index (χ0) is 13.0. The van der Waals surface area contributed by atoms with E-state index in [-0.39, 0.29) is 6.04 Å². The molecule has 0 radical (unpaired) electrons. The van der Waals surface area contributed by atoms with Crippen molar-refractivity contribution in [3.8, 4) is 11.5 Å². The van der Waals surface area contributed by atoms with Gasteiger partial charge in [-0.15, -0.1) is 0 Å². The number of nitrogens with two attached hydrogens (primary N) is 1. The first kappa shape index (κ1) is 13.5. The van der Waals surface area contributed by atoms with Crippen molar-refractivity contribution in [2.45, 2.75) is 18.7 Å². The summed E-state index contributed by atoms with van der Waals surface area (Å²) in [7, 11) is 0. The summed E-state index contributed by atoms with van der Waals surface area (Å²) < 4.78 is 5.45. The van der Waals surface area contributed by atoms with Gasteiger partial charge in [0.2, 0.25) is 5.89 Å². The molecule has 3 nitrogen and oxygen atoms in total. The van der Waals surface area contributed by atoms with Crippen LogP contribution in [0.4, 0.5) is 0 Å². The van der Waals surface area contributed by atoms with E-state index in [0.717, 1.165) is 22.8 Å². The van der Waals surface area contributed by atoms with Gasteiger partial charge >= 0.3 is 0 Å². The van der Waals surface area contributed by atoms with E-state index in [9.17, 15) is 0 Å². The molecule has 0 saturated carbocycles. The zero-order valence-electron chi connectivity index (χ0n) is 10.1. The Bertz CT molecular complexity index is 513. The second kappa shape index (κ2) is 6.27. The van der Waals surface area contributed by atoms with Gasteiger partial charge in [0.1, 0.15) is 6.26 Å². The number of thioether (sulfide) groups is 1. The number of oxazole rings is 1. The molecule has 0 bridgehead atoms.